The second kappa shape index (κ2) is 5.71. The summed E-state index contributed by atoms with van der Waals surface area (Å²) in [5, 5.41) is 15.2. The van der Waals surface area contributed by atoms with Crippen molar-refractivity contribution < 1.29 is 0 Å². The van der Waals surface area contributed by atoms with Gasteiger partial charge in [-0.3, -0.25) is 4.79 Å². The van der Waals surface area contributed by atoms with Gasteiger partial charge in [-0.1, -0.05) is 0 Å². The zero-order chi connectivity index (χ0) is 14.5. The third-order valence-electron chi connectivity index (χ3n) is 2.21. The SMILES string of the molecule is CN(C)C=Nc1ncc(-c2ccc(=O)[nH]n2)nc1C#N. The maximum absolute atomic E-state index is 10.9. The number of nitrogens with one attached hydrogen (secondary N) is 1. The molecule has 8 heteroatoms. The van der Waals surface area contributed by atoms with E-state index in [4.69, 9.17) is 5.26 Å². The minimum absolute atomic E-state index is 0.0913. The highest BCUT2D eigenvalue weighted by Gasteiger charge is 2.08. The van der Waals surface area contributed by atoms with Crippen LogP contribution >= 0.6 is 0 Å². The van der Waals surface area contributed by atoms with Crippen LogP contribution in [0.1, 0.15) is 5.69 Å². The third kappa shape index (κ3) is 3.02. The molecule has 0 atom stereocenters. The molecular weight excluding hydrogens is 258 g/mol. The molecule has 0 saturated heterocycles. The first-order valence-electron chi connectivity index (χ1n) is 5.64. The number of nitriles is 1. The number of aromatic nitrogens is 4. The van der Waals surface area contributed by atoms with Gasteiger partial charge in [0, 0.05) is 20.2 Å². The predicted octanol–water partition coefficient (Wildman–Crippen LogP) is 0.320. The summed E-state index contributed by atoms with van der Waals surface area (Å²) in [5.74, 6) is 0.231. The van der Waals surface area contributed by atoms with Crippen LogP contribution in [0.5, 0.6) is 0 Å². The molecule has 0 aliphatic carbocycles. The van der Waals surface area contributed by atoms with Gasteiger partial charge in [-0.15, -0.1) is 0 Å². The van der Waals surface area contributed by atoms with Crippen LogP contribution in [0.2, 0.25) is 0 Å². The highest BCUT2D eigenvalue weighted by atomic mass is 16.1. The highest BCUT2D eigenvalue weighted by molar-refractivity contribution is 5.63. The fraction of sp³-hybridized carbons (Fsp3) is 0.167. The number of aliphatic imine (C=N–C) groups is 1. The molecule has 20 heavy (non-hydrogen) atoms. The van der Waals surface area contributed by atoms with Crippen LogP contribution in [0, 0.1) is 11.3 Å². The summed E-state index contributed by atoms with van der Waals surface area (Å²) in [6.07, 6.45) is 2.98. The number of nitrogens with zero attached hydrogens (tertiary/aromatic N) is 6. The molecule has 2 rings (SSSR count). The van der Waals surface area contributed by atoms with Crippen LogP contribution in [0.4, 0.5) is 5.82 Å². The summed E-state index contributed by atoms with van der Waals surface area (Å²) in [7, 11) is 3.61. The van der Waals surface area contributed by atoms with Crippen molar-refractivity contribution >= 4 is 12.2 Å². The molecule has 0 amide bonds. The number of H-pyrrole nitrogens is 1. The molecule has 2 aromatic rings. The Labute approximate surface area is 114 Å². The van der Waals surface area contributed by atoms with Gasteiger partial charge in [0.15, 0.2) is 11.5 Å². The molecule has 0 saturated carbocycles. The zero-order valence-corrected chi connectivity index (χ0v) is 10.9. The summed E-state index contributed by atoms with van der Waals surface area (Å²) in [6.45, 7) is 0. The van der Waals surface area contributed by atoms with Gasteiger partial charge in [-0.05, 0) is 6.07 Å². The van der Waals surface area contributed by atoms with E-state index >= 15 is 0 Å². The Balaban J connectivity index is 2.42. The Morgan fingerprint density at radius 3 is 2.80 bits per heavy atom. The minimum atomic E-state index is -0.311. The van der Waals surface area contributed by atoms with Crippen molar-refractivity contribution in [2.75, 3.05) is 14.1 Å². The van der Waals surface area contributed by atoms with Crippen molar-refractivity contribution in [1.82, 2.24) is 25.1 Å². The second-order valence-corrected chi connectivity index (χ2v) is 4.05. The summed E-state index contributed by atoms with van der Waals surface area (Å²) in [6, 6.07) is 4.77. The lowest BCUT2D eigenvalue weighted by Crippen LogP contribution is -2.08. The van der Waals surface area contributed by atoms with E-state index in [-0.39, 0.29) is 17.1 Å². The normalized spacial score (nSPS) is 10.4. The van der Waals surface area contributed by atoms with Crippen LogP contribution in [0.25, 0.3) is 11.4 Å². The van der Waals surface area contributed by atoms with E-state index in [9.17, 15) is 4.79 Å². The monoisotopic (exact) mass is 269 g/mol. The standard InChI is InChI=1S/C12H11N7O/c1-19(2)7-15-12-9(5-13)16-10(6-14-12)8-3-4-11(20)18-17-8/h3-4,6-7H,1-2H3,(H,18,20). The first-order valence-corrected chi connectivity index (χ1v) is 5.64. The van der Waals surface area contributed by atoms with E-state index in [0.29, 0.717) is 11.4 Å². The van der Waals surface area contributed by atoms with Gasteiger partial charge in [0.25, 0.3) is 5.56 Å². The molecule has 100 valence electrons. The Bertz CT molecular complexity index is 722. The van der Waals surface area contributed by atoms with Gasteiger partial charge in [0.1, 0.15) is 17.5 Å². The number of hydrogen-bond donors (Lipinski definition) is 1. The van der Waals surface area contributed by atoms with E-state index in [2.05, 4.69) is 25.2 Å². The first kappa shape index (κ1) is 13.4. The van der Waals surface area contributed by atoms with Gasteiger partial charge in [0.2, 0.25) is 0 Å². The average molecular weight is 269 g/mol. The molecule has 0 radical (unpaired) electrons. The smallest absolute Gasteiger partial charge is 0.264 e. The molecule has 2 heterocycles. The molecule has 0 fully saturated rings. The number of aromatic amines is 1. The topological polar surface area (TPSA) is 111 Å². The molecule has 0 bridgehead atoms. The molecule has 0 aliphatic heterocycles. The van der Waals surface area contributed by atoms with Crippen molar-refractivity contribution in [1.29, 1.82) is 5.26 Å². The molecule has 0 aliphatic rings. The van der Waals surface area contributed by atoms with E-state index < -0.39 is 0 Å². The largest absolute Gasteiger partial charge is 0.369 e. The number of rotatable bonds is 3. The van der Waals surface area contributed by atoms with E-state index in [1.807, 2.05) is 20.2 Å². The fourth-order valence-corrected chi connectivity index (χ4v) is 1.33. The Morgan fingerprint density at radius 1 is 1.40 bits per heavy atom. The van der Waals surface area contributed by atoms with Crippen molar-refractivity contribution in [3.8, 4) is 17.5 Å². The van der Waals surface area contributed by atoms with Crippen molar-refractivity contribution in [2.45, 2.75) is 0 Å². The van der Waals surface area contributed by atoms with Gasteiger partial charge >= 0.3 is 0 Å². The molecular formula is C12H11N7O. The summed E-state index contributed by atoms with van der Waals surface area (Å²) >= 11 is 0. The lowest BCUT2D eigenvalue weighted by Gasteiger charge is -2.03. The second-order valence-electron chi connectivity index (χ2n) is 4.05. The Hall–Kier alpha value is -3.08. The van der Waals surface area contributed by atoms with Crippen molar-refractivity contribution in [3.63, 3.8) is 0 Å². The molecule has 0 unspecified atom stereocenters. The third-order valence-corrected chi connectivity index (χ3v) is 2.21. The summed E-state index contributed by atoms with van der Waals surface area (Å²) in [5.41, 5.74) is 0.598. The quantitative estimate of drug-likeness (QED) is 0.634. The van der Waals surface area contributed by atoms with Crippen molar-refractivity contribution in [2.24, 2.45) is 4.99 Å². The highest BCUT2D eigenvalue weighted by Crippen LogP contribution is 2.17. The molecule has 1 N–H and O–H groups in total. The summed E-state index contributed by atoms with van der Waals surface area (Å²) in [4.78, 5) is 24.9. The lowest BCUT2D eigenvalue weighted by molar-refractivity contribution is 0.643. The maximum Gasteiger partial charge on any atom is 0.264 e. The van der Waals surface area contributed by atoms with Gasteiger partial charge in [0.05, 0.1) is 12.5 Å². The Morgan fingerprint density at radius 2 is 2.20 bits per heavy atom. The predicted molar refractivity (Wildman–Crippen MR) is 72.4 cm³/mol. The van der Waals surface area contributed by atoms with Crippen LogP contribution in [-0.2, 0) is 0 Å². The average Bonchev–Trinajstić information content (AvgIpc) is 2.45. The summed E-state index contributed by atoms with van der Waals surface area (Å²) < 4.78 is 0. The molecule has 8 nitrogen and oxygen atoms in total. The van der Waals surface area contributed by atoms with E-state index in [0.717, 1.165) is 0 Å². The molecule has 0 aromatic carbocycles. The van der Waals surface area contributed by atoms with Gasteiger partial charge in [-0.2, -0.15) is 10.4 Å². The van der Waals surface area contributed by atoms with Crippen LogP contribution < -0.4 is 5.56 Å². The first-order chi connectivity index (χ1) is 9.60. The lowest BCUT2D eigenvalue weighted by atomic mass is 10.3. The van der Waals surface area contributed by atoms with Crippen molar-refractivity contribution in [3.05, 3.63) is 34.4 Å². The zero-order valence-electron chi connectivity index (χ0n) is 10.9. The maximum atomic E-state index is 10.9. The van der Waals surface area contributed by atoms with E-state index in [1.54, 1.807) is 4.90 Å². The number of hydrogen-bond acceptors (Lipinski definition) is 6. The van der Waals surface area contributed by atoms with Gasteiger partial charge in [-0.25, -0.2) is 20.1 Å². The Kier molecular flexibility index (Phi) is 3.81. The van der Waals surface area contributed by atoms with Crippen LogP contribution in [0.15, 0.2) is 28.1 Å². The molecule has 0 spiro atoms. The minimum Gasteiger partial charge on any atom is -0.369 e. The van der Waals surface area contributed by atoms with Crippen LogP contribution in [-0.4, -0.2) is 45.5 Å². The molecule has 2 aromatic heterocycles. The van der Waals surface area contributed by atoms with Crippen LogP contribution in [0.3, 0.4) is 0 Å². The fourth-order valence-electron chi connectivity index (χ4n) is 1.33. The van der Waals surface area contributed by atoms with Gasteiger partial charge < -0.3 is 4.90 Å². The van der Waals surface area contributed by atoms with E-state index in [1.165, 1.54) is 24.7 Å².